The minimum Gasteiger partial charge on any atom is -0.298 e. The maximum Gasteiger partial charge on any atom is 0.151 e. The zero-order valence-electron chi connectivity index (χ0n) is 9.40. The van der Waals surface area contributed by atoms with Crippen LogP contribution < -0.4 is 0 Å². The Morgan fingerprint density at radius 1 is 1.38 bits per heavy atom. The molecule has 0 N–H and O–H groups in total. The van der Waals surface area contributed by atoms with Gasteiger partial charge >= 0.3 is 0 Å². The molecule has 2 heterocycles. The van der Waals surface area contributed by atoms with Crippen molar-refractivity contribution in [1.29, 1.82) is 0 Å². The maximum atomic E-state index is 12.0. The van der Waals surface area contributed by atoms with Crippen molar-refractivity contribution in [2.45, 2.75) is 25.0 Å². The Hall–Kier alpha value is 0.0700. The summed E-state index contributed by atoms with van der Waals surface area (Å²) in [5.74, 6) is 3.76. The largest absolute Gasteiger partial charge is 0.298 e. The van der Waals surface area contributed by atoms with E-state index in [0.29, 0.717) is 12.2 Å². The first-order valence-corrected chi connectivity index (χ1v) is 8.61. The SMILES string of the molecule is CCc1ccc(CC(=O)C2CSCCS2)s1. The minimum absolute atomic E-state index is 0.242. The standard InChI is InChI=1S/C12H16OS3/c1-2-9-3-4-10(16-9)7-11(13)12-8-14-5-6-15-12/h3-4,12H,2,5-8H2,1H3. The molecular formula is C12H16OS3. The van der Waals surface area contributed by atoms with Gasteiger partial charge < -0.3 is 0 Å². The topological polar surface area (TPSA) is 17.1 Å². The molecule has 1 atom stereocenters. The van der Waals surface area contributed by atoms with E-state index in [1.165, 1.54) is 15.5 Å². The summed E-state index contributed by atoms with van der Waals surface area (Å²) in [5.41, 5.74) is 0. The molecule has 0 aromatic carbocycles. The summed E-state index contributed by atoms with van der Waals surface area (Å²) >= 11 is 5.54. The highest BCUT2D eigenvalue weighted by molar-refractivity contribution is 8.07. The van der Waals surface area contributed by atoms with Crippen LogP contribution in [-0.4, -0.2) is 28.3 Å². The molecule has 1 unspecified atom stereocenters. The van der Waals surface area contributed by atoms with Gasteiger partial charge in [-0.2, -0.15) is 11.8 Å². The van der Waals surface area contributed by atoms with E-state index < -0.39 is 0 Å². The quantitative estimate of drug-likeness (QED) is 0.837. The number of ketones is 1. The molecule has 1 nitrogen and oxygen atoms in total. The van der Waals surface area contributed by atoms with E-state index in [1.54, 1.807) is 11.3 Å². The monoisotopic (exact) mass is 272 g/mol. The molecule has 0 radical (unpaired) electrons. The highest BCUT2D eigenvalue weighted by atomic mass is 32.2. The van der Waals surface area contributed by atoms with Crippen molar-refractivity contribution >= 4 is 40.6 Å². The van der Waals surface area contributed by atoms with Gasteiger partial charge in [0, 0.05) is 33.4 Å². The number of carbonyl (C=O) groups is 1. The summed E-state index contributed by atoms with van der Waals surface area (Å²) in [6.45, 7) is 2.16. The molecule has 1 saturated heterocycles. The molecule has 1 aromatic rings. The summed E-state index contributed by atoms with van der Waals surface area (Å²) in [7, 11) is 0. The van der Waals surface area contributed by atoms with E-state index in [4.69, 9.17) is 0 Å². The zero-order chi connectivity index (χ0) is 11.4. The van der Waals surface area contributed by atoms with Crippen molar-refractivity contribution in [3.63, 3.8) is 0 Å². The first-order chi connectivity index (χ1) is 7.79. The van der Waals surface area contributed by atoms with Crippen LogP contribution >= 0.6 is 34.9 Å². The maximum absolute atomic E-state index is 12.0. The molecule has 1 aromatic heterocycles. The highest BCUT2D eigenvalue weighted by Crippen LogP contribution is 2.26. The summed E-state index contributed by atoms with van der Waals surface area (Å²) in [4.78, 5) is 14.7. The smallest absolute Gasteiger partial charge is 0.151 e. The zero-order valence-corrected chi connectivity index (χ0v) is 11.9. The van der Waals surface area contributed by atoms with Gasteiger partial charge in [-0.1, -0.05) is 6.92 Å². The van der Waals surface area contributed by atoms with Gasteiger partial charge in [-0.25, -0.2) is 0 Å². The van der Waals surface area contributed by atoms with Crippen LogP contribution in [0.4, 0.5) is 0 Å². The lowest BCUT2D eigenvalue weighted by Gasteiger charge is -2.19. The number of thioether (sulfide) groups is 2. The number of hydrogen-bond acceptors (Lipinski definition) is 4. The molecule has 0 amide bonds. The normalized spacial score (nSPS) is 20.9. The number of carbonyl (C=O) groups excluding carboxylic acids is 1. The molecule has 2 rings (SSSR count). The van der Waals surface area contributed by atoms with Gasteiger partial charge in [0.2, 0.25) is 0 Å². The van der Waals surface area contributed by atoms with Gasteiger partial charge in [-0.05, 0) is 18.6 Å². The number of aryl methyl sites for hydroxylation is 1. The highest BCUT2D eigenvalue weighted by Gasteiger charge is 2.22. The number of hydrogen-bond donors (Lipinski definition) is 0. The van der Waals surface area contributed by atoms with E-state index in [2.05, 4.69) is 19.1 Å². The summed E-state index contributed by atoms with van der Waals surface area (Å²) < 4.78 is 0. The Bertz CT molecular complexity index is 353. The van der Waals surface area contributed by atoms with Crippen molar-refractivity contribution in [2.75, 3.05) is 17.3 Å². The van der Waals surface area contributed by atoms with Crippen LogP contribution in [-0.2, 0) is 17.6 Å². The third-order valence-corrected chi connectivity index (χ3v) is 6.62. The Morgan fingerprint density at radius 2 is 2.19 bits per heavy atom. The Labute approximate surface area is 109 Å². The third-order valence-electron chi connectivity index (χ3n) is 2.59. The predicted octanol–water partition coefficient (Wildman–Crippen LogP) is 3.27. The number of thiophene rings is 1. The molecule has 0 spiro atoms. The van der Waals surface area contributed by atoms with Crippen molar-refractivity contribution in [3.8, 4) is 0 Å². The van der Waals surface area contributed by atoms with Gasteiger partial charge in [0.05, 0.1) is 5.25 Å². The van der Waals surface area contributed by atoms with E-state index in [9.17, 15) is 4.79 Å². The average molecular weight is 272 g/mol. The lowest BCUT2D eigenvalue weighted by Crippen LogP contribution is -2.25. The fraction of sp³-hybridized carbons (Fsp3) is 0.583. The lowest BCUT2D eigenvalue weighted by molar-refractivity contribution is -0.117. The minimum atomic E-state index is 0.242. The first-order valence-electron chi connectivity index (χ1n) is 5.59. The van der Waals surface area contributed by atoms with Crippen LogP contribution in [0.5, 0.6) is 0 Å². The molecule has 0 bridgehead atoms. The fourth-order valence-electron chi connectivity index (χ4n) is 1.67. The molecular weight excluding hydrogens is 256 g/mol. The second kappa shape index (κ2) is 6.12. The van der Waals surface area contributed by atoms with Crippen LogP contribution in [0.3, 0.4) is 0 Å². The van der Waals surface area contributed by atoms with E-state index >= 15 is 0 Å². The van der Waals surface area contributed by atoms with Crippen molar-refractivity contribution in [3.05, 3.63) is 21.9 Å². The third kappa shape index (κ3) is 3.28. The average Bonchev–Trinajstić information content (AvgIpc) is 2.78. The van der Waals surface area contributed by atoms with Crippen molar-refractivity contribution in [2.24, 2.45) is 0 Å². The Kier molecular flexibility index (Phi) is 4.79. The molecule has 1 fully saturated rings. The Balaban J connectivity index is 1.90. The second-order valence-corrected chi connectivity index (χ2v) is 7.51. The van der Waals surface area contributed by atoms with E-state index in [0.717, 1.165) is 17.9 Å². The summed E-state index contributed by atoms with van der Waals surface area (Å²) in [6.07, 6.45) is 1.72. The number of rotatable bonds is 4. The van der Waals surface area contributed by atoms with Crippen LogP contribution in [0.2, 0.25) is 0 Å². The Morgan fingerprint density at radius 3 is 2.81 bits per heavy atom. The van der Waals surface area contributed by atoms with Gasteiger partial charge in [0.1, 0.15) is 0 Å². The predicted molar refractivity (Wildman–Crippen MR) is 76.0 cm³/mol. The van der Waals surface area contributed by atoms with Gasteiger partial charge in [-0.3, -0.25) is 4.79 Å². The lowest BCUT2D eigenvalue weighted by atomic mass is 10.2. The van der Waals surface area contributed by atoms with E-state index in [1.807, 2.05) is 23.5 Å². The molecule has 88 valence electrons. The van der Waals surface area contributed by atoms with Crippen LogP contribution in [0, 0.1) is 0 Å². The fourth-order valence-corrected chi connectivity index (χ4v) is 5.28. The molecule has 16 heavy (non-hydrogen) atoms. The molecule has 4 heteroatoms. The van der Waals surface area contributed by atoms with Gasteiger partial charge in [0.15, 0.2) is 5.78 Å². The first kappa shape index (κ1) is 12.5. The van der Waals surface area contributed by atoms with E-state index in [-0.39, 0.29) is 5.25 Å². The van der Waals surface area contributed by atoms with Crippen LogP contribution in [0.15, 0.2) is 12.1 Å². The van der Waals surface area contributed by atoms with Gasteiger partial charge in [-0.15, -0.1) is 23.1 Å². The molecule has 0 aliphatic carbocycles. The molecule has 0 saturated carbocycles. The van der Waals surface area contributed by atoms with Crippen LogP contribution in [0.25, 0.3) is 0 Å². The van der Waals surface area contributed by atoms with Crippen molar-refractivity contribution in [1.82, 2.24) is 0 Å². The molecule has 1 aliphatic rings. The summed E-state index contributed by atoms with van der Waals surface area (Å²) in [6, 6.07) is 4.26. The molecule has 1 aliphatic heterocycles. The van der Waals surface area contributed by atoms with Gasteiger partial charge in [0.25, 0.3) is 0 Å². The van der Waals surface area contributed by atoms with Crippen molar-refractivity contribution < 1.29 is 4.79 Å². The van der Waals surface area contributed by atoms with Crippen LogP contribution in [0.1, 0.15) is 16.7 Å². The second-order valence-electron chi connectivity index (χ2n) is 3.80. The summed E-state index contributed by atoms with van der Waals surface area (Å²) in [5, 5.41) is 0.242. The number of Topliss-reactive ketones (excluding diaryl/α,β-unsaturated/α-hetero) is 1.